The van der Waals surface area contributed by atoms with E-state index in [-0.39, 0.29) is 17.9 Å². The number of nitrogens with one attached hydrogen (secondary N) is 1. The number of aryl methyl sites for hydroxylation is 1. The number of aromatic nitrogens is 2. The number of anilines is 1. The highest BCUT2D eigenvalue weighted by Gasteiger charge is 2.14. The summed E-state index contributed by atoms with van der Waals surface area (Å²) >= 11 is 0. The molecule has 0 aliphatic carbocycles. The lowest BCUT2D eigenvalue weighted by atomic mass is 9.87. The van der Waals surface area contributed by atoms with Gasteiger partial charge in [-0.15, -0.1) is 0 Å². The van der Waals surface area contributed by atoms with E-state index in [1.807, 2.05) is 47.9 Å². The first-order valence-electron chi connectivity index (χ1n) is 8.17. The Labute approximate surface area is 142 Å². The van der Waals surface area contributed by atoms with E-state index in [1.165, 1.54) is 5.56 Å². The van der Waals surface area contributed by atoms with Gasteiger partial charge in [-0.05, 0) is 42.2 Å². The van der Waals surface area contributed by atoms with E-state index in [0.717, 1.165) is 22.5 Å². The Hall–Kier alpha value is -2.62. The molecule has 0 bridgehead atoms. The second-order valence-electron chi connectivity index (χ2n) is 7.11. The van der Waals surface area contributed by atoms with Crippen LogP contribution in [0, 0.1) is 6.92 Å². The van der Waals surface area contributed by atoms with Gasteiger partial charge in [0.15, 0.2) is 0 Å². The molecule has 24 heavy (non-hydrogen) atoms. The predicted molar refractivity (Wildman–Crippen MR) is 98.2 cm³/mol. The van der Waals surface area contributed by atoms with E-state index in [0.29, 0.717) is 0 Å². The van der Waals surface area contributed by atoms with Crippen molar-refractivity contribution in [1.29, 1.82) is 0 Å². The molecule has 124 valence electrons. The summed E-state index contributed by atoms with van der Waals surface area (Å²) in [5.74, 6) is 0.791. The van der Waals surface area contributed by atoms with Crippen LogP contribution in [0.3, 0.4) is 0 Å². The summed E-state index contributed by atoms with van der Waals surface area (Å²) in [6.45, 7) is 8.70. The quantitative estimate of drug-likeness (QED) is 0.782. The van der Waals surface area contributed by atoms with E-state index in [2.05, 4.69) is 43.2 Å². The Balaban J connectivity index is 1.74. The van der Waals surface area contributed by atoms with Gasteiger partial charge < -0.3 is 9.88 Å². The highest BCUT2D eigenvalue weighted by atomic mass is 16.1. The molecule has 0 radical (unpaired) electrons. The second-order valence-corrected chi connectivity index (χ2v) is 7.11. The molecule has 2 aromatic carbocycles. The van der Waals surface area contributed by atoms with E-state index < -0.39 is 0 Å². The molecule has 1 heterocycles. The molecule has 1 N–H and O–H groups in total. The van der Waals surface area contributed by atoms with Gasteiger partial charge in [0.1, 0.15) is 12.4 Å². The van der Waals surface area contributed by atoms with E-state index in [9.17, 15) is 4.79 Å². The number of fused-ring (bicyclic) bond motifs is 1. The molecule has 0 fully saturated rings. The van der Waals surface area contributed by atoms with Crippen molar-refractivity contribution in [2.45, 2.75) is 39.7 Å². The molecule has 0 saturated heterocycles. The number of carbonyl (C=O) groups is 1. The Bertz CT molecular complexity index is 870. The van der Waals surface area contributed by atoms with Gasteiger partial charge >= 0.3 is 0 Å². The fraction of sp³-hybridized carbons (Fsp3) is 0.300. The minimum atomic E-state index is -0.0511. The highest BCUT2D eigenvalue weighted by molar-refractivity contribution is 5.91. The highest BCUT2D eigenvalue weighted by Crippen LogP contribution is 2.23. The van der Waals surface area contributed by atoms with Gasteiger partial charge in [0.2, 0.25) is 5.91 Å². The zero-order chi connectivity index (χ0) is 17.3. The molecule has 0 spiro atoms. The molecule has 3 rings (SSSR count). The smallest absolute Gasteiger partial charge is 0.244 e. The van der Waals surface area contributed by atoms with Crippen molar-refractivity contribution >= 4 is 22.6 Å². The van der Waals surface area contributed by atoms with Gasteiger partial charge in [0.05, 0.1) is 11.0 Å². The Kier molecular flexibility index (Phi) is 4.14. The molecular formula is C20H23N3O. The summed E-state index contributed by atoms with van der Waals surface area (Å²) in [4.78, 5) is 16.9. The maximum Gasteiger partial charge on any atom is 0.244 e. The van der Waals surface area contributed by atoms with Gasteiger partial charge in [-0.1, -0.05) is 45.0 Å². The molecule has 0 aliphatic rings. The van der Waals surface area contributed by atoms with Crippen molar-refractivity contribution in [3.63, 3.8) is 0 Å². The van der Waals surface area contributed by atoms with Gasteiger partial charge in [0, 0.05) is 5.69 Å². The lowest BCUT2D eigenvalue weighted by molar-refractivity contribution is -0.116. The van der Waals surface area contributed by atoms with Crippen LogP contribution in [0.1, 0.15) is 32.2 Å². The fourth-order valence-corrected chi connectivity index (χ4v) is 2.79. The minimum absolute atomic E-state index is 0.0511. The monoisotopic (exact) mass is 321 g/mol. The van der Waals surface area contributed by atoms with Crippen LogP contribution in [-0.4, -0.2) is 15.5 Å². The maximum absolute atomic E-state index is 12.4. The molecule has 4 nitrogen and oxygen atoms in total. The average molecular weight is 321 g/mol. The molecule has 1 amide bonds. The standard InChI is InChI=1S/C20H23N3O/c1-14-21-17-7-5-6-8-18(17)23(14)13-19(24)22-16-11-9-15(10-12-16)20(2,3)4/h5-12H,13H2,1-4H3,(H,22,24). The Morgan fingerprint density at radius 1 is 1.08 bits per heavy atom. The lowest BCUT2D eigenvalue weighted by Gasteiger charge is -2.19. The van der Waals surface area contributed by atoms with Crippen molar-refractivity contribution in [3.05, 3.63) is 59.9 Å². The van der Waals surface area contributed by atoms with Crippen LogP contribution < -0.4 is 5.32 Å². The van der Waals surface area contributed by atoms with E-state index >= 15 is 0 Å². The number of benzene rings is 2. The number of hydrogen-bond acceptors (Lipinski definition) is 2. The summed E-state index contributed by atoms with van der Waals surface area (Å²) in [6.07, 6.45) is 0. The second kappa shape index (κ2) is 6.11. The van der Waals surface area contributed by atoms with Crippen molar-refractivity contribution < 1.29 is 4.79 Å². The van der Waals surface area contributed by atoms with Crippen LogP contribution in [-0.2, 0) is 16.8 Å². The lowest BCUT2D eigenvalue weighted by Crippen LogP contribution is -2.19. The number of imidazole rings is 1. The molecule has 4 heteroatoms. The third-order valence-corrected chi connectivity index (χ3v) is 4.18. The zero-order valence-electron chi connectivity index (χ0n) is 14.6. The molecule has 0 saturated carbocycles. The third-order valence-electron chi connectivity index (χ3n) is 4.18. The largest absolute Gasteiger partial charge is 0.325 e. The summed E-state index contributed by atoms with van der Waals surface area (Å²) in [5, 5.41) is 2.96. The van der Waals surface area contributed by atoms with Crippen molar-refractivity contribution in [2.24, 2.45) is 0 Å². The van der Waals surface area contributed by atoms with Crippen LogP contribution >= 0.6 is 0 Å². The number of rotatable bonds is 3. The van der Waals surface area contributed by atoms with E-state index in [4.69, 9.17) is 0 Å². The number of para-hydroxylation sites is 2. The summed E-state index contributed by atoms with van der Waals surface area (Å²) in [7, 11) is 0. The van der Waals surface area contributed by atoms with Crippen LogP contribution in [0.25, 0.3) is 11.0 Å². The van der Waals surface area contributed by atoms with Gasteiger partial charge in [-0.2, -0.15) is 0 Å². The van der Waals surface area contributed by atoms with Crippen LogP contribution in [0.15, 0.2) is 48.5 Å². The average Bonchev–Trinajstić information content (AvgIpc) is 2.83. The van der Waals surface area contributed by atoms with Crippen molar-refractivity contribution in [3.8, 4) is 0 Å². The van der Waals surface area contributed by atoms with Crippen LogP contribution in [0.2, 0.25) is 0 Å². The topological polar surface area (TPSA) is 46.9 Å². The number of carbonyl (C=O) groups excluding carboxylic acids is 1. The van der Waals surface area contributed by atoms with Crippen molar-refractivity contribution in [2.75, 3.05) is 5.32 Å². The predicted octanol–water partition coefficient (Wildman–Crippen LogP) is 4.28. The first-order chi connectivity index (χ1) is 11.3. The third kappa shape index (κ3) is 3.32. The molecule has 0 atom stereocenters. The van der Waals surface area contributed by atoms with E-state index in [1.54, 1.807) is 0 Å². The summed E-state index contributed by atoms with van der Waals surface area (Å²) in [5.41, 5.74) is 4.06. The van der Waals surface area contributed by atoms with Crippen LogP contribution in [0.5, 0.6) is 0 Å². The number of nitrogens with zero attached hydrogens (tertiary/aromatic N) is 2. The van der Waals surface area contributed by atoms with Crippen LogP contribution in [0.4, 0.5) is 5.69 Å². The maximum atomic E-state index is 12.4. The molecule has 0 unspecified atom stereocenters. The SMILES string of the molecule is Cc1nc2ccccc2n1CC(=O)Nc1ccc(C(C)(C)C)cc1. The molecule has 1 aromatic heterocycles. The first kappa shape index (κ1) is 16.2. The number of amides is 1. The number of hydrogen-bond donors (Lipinski definition) is 1. The summed E-state index contributed by atoms with van der Waals surface area (Å²) < 4.78 is 1.94. The van der Waals surface area contributed by atoms with Gasteiger partial charge in [-0.3, -0.25) is 4.79 Å². The van der Waals surface area contributed by atoms with Gasteiger partial charge in [-0.25, -0.2) is 4.98 Å². The Morgan fingerprint density at radius 2 is 1.75 bits per heavy atom. The normalized spacial score (nSPS) is 11.7. The molecular weight excluding hydrogens is 298 g/mol. The Morgan fingerprint density at radius 3 is 2.42 bits per heavy atom. The van der Waals surface area contributed by atoms with Gasteiger partial charge in [0.25, 0.3) is 0 Å². The molecule has 3 aromatic rings. The van der Waals surface area contributed by atoms with Crippen molar-refractivity contribution in [1.82, 2.24) is 9.55 Å². The minimum Gasteiger partial charge on any atom is -0.325 e. The first-order valence-corrected chi connectivity index (χ1v) is 8.17. The zero-order valence-corrected chi connectivity index (χ0v) is 14.6. The summed E-state index contributed by atoms with van der Waals surface area (Å²) in [6, 6.07) is 15.9. The molecule has 0 aliphatic heterocycles. The fourth-order valence-electron chi connectivity index (χ4n) is 2.79.